The first-order valence-electron chi connectivity index (χ1n) is 7.82. The second-order valence-electron chi connectivity index (χ2n) is 5.75. The van der Waals surface area contributed by atoms with Crippen LogP contribution in [0.5, 0.6) is 5.75 Å². The standard InChI is InChI=1S/C18H14ClF3N2O3/c1-26-12-5-2-10(3-6-12)14-9-16(27-24-14)17(25)23-15-8-11(18(20,21)22)4-7-13(15)19/h2-8,16H,9H2,1H3,(H,23,25). The third-order valence-electron chi connectivity index (χ3n) is 3.94. The van der Waals surface area contributed by atoms with Gasteiger partial charge >= 0.3 is 6.18 Å². The summed E-state index contributed by atoms with van der Waals surface area (Å²) < 4.78 is 43.5. The average Bonchev–Trinajstić information content (AvgIpc) is 3.13. The largest absolute Gasteiger partial charge is 0.497 e. The first-order valence-corrected chi connectivity index (χ1v) is 8.20. The van der Waals surface area contributed by atoms with Crippen molar-refractivity contribution in [1.29, 1.82) is 0 Å². The third-order valence-corrected chi connectivity index (χ3v) is 4.27. The van der Waals surface area contributed by atoms with Crippen molar-refractivity contribution in [2.45, 2.75) is 18.7 Å². The Hall–Kier alpha value is -2.74. The van der Waals surface area contributed by atoms with E-state index in [1.165, 1.54) is 0 Å². The summed E-state index contributed by atoms with van der Waals surface area (Å²) in [6.45, 7) is 0. The lowest BCUT2D eigenvalue weighted by molar-refractivity contribution is -0.137. The van der Waals surface area contributed by atoms with Gasteiger partial charge in [-0.2, -0.15) is 13.2 Å². The number of halogens is 4. The summed E-state index contributed by atoms with van der Waals surface area (Å²) in [7, 11) is 1.55. The molecule has 0 saturated heterocycles. The Labute approximate surface area is 157 Å². The summed E-state index contributed by atoms with van der Waals surface area (Å²) in [5, 5.41) is 6.24. The van der Waals surface area contributed by atoms with Gasteiger partial charge in [-0.1, -0.05) is 16.8 Å². The predicted molar refractivity (Wildman–Crippen MR) is 94.1 cm³/mol. The molecule has 0 fully saturated rings. The van der Waals surface area contributed by atoms with E-state index >= 15 is 0 Å². The van der Waals surface area contributed by atoms with Gasteiger partial charge in [-0.15, -0.1) is 0 Å². The predicted octanol–water partition coefficient (Wildman–Crippen LogP) is 4.50. The van der Waals surface area contributed by atoms with Crippen LogP contribution in [0.15, 0.2) is 47.6 Å². The van der Waals surface area contributed by atoms with Crippen molar-refractivity contribution < 1.29 is 27.5 Å². The number of nitrogens with zero attached hydrogens (tertiary/aromatic N) is 1. The van der Waals surface area contributed by atoms with Gasteiger partial charge in [0.05, 0.1) is 29.1 Å². The second-order valence-corrected chi connectivity index (χ2v) is 6.15. The molecule has 9 heteroatoms. The number of ether oxygens (including phenoxy) is 1. The molecule has 3 rings (SSSR count). The van der Waals surface area contributed by atoms with Gasteiger partial charge in [0.1, 0.15) is 5.75 Å². The summed E-state index contributed by atoms with van der Waals surface area (Å²) in [4.78, 5) is 17.5. The van der Waals surface area contributed by atoms with Crippen LogP contribution in [0.25, 0.3) is 0 Å². The van der Waals surface area contributed by atoms with Crippen LogP contribution in [0.1, 0.15) is 17.5 Å². The van der Waals surface area contributed by atoms with Crippen molar-refractivity contribution in [3.63, 3.8) is 0 Å². The molecular formula is C18H14ClF3N2O3. The molecule has 5 nitrogen and oxygen atoms in total. The van der Waals surface area contributed by atoms with Gasteiger partial charge in [0, 0.05) is 6.42 Å². The lowest BCUT2D eigenvalue weighted by atomic mass is 10.0. The van der Waals surface area contributed by atoms with E-state index < -0.39 is 23.8 Å². The number of hydrogen-bond donors (Lipinski definition) is 1. The fraction of sp³-hybridized carbons (Fsp3) is 0.222. The van der Waals surface area contributed by atoms with Gasteiger partial charge in [-0.05, 0) is 48.0 Å². The minimum atomic E-state index is -4.54. The van der Waals surface area contributed by atoms with Crippen LogP contribution in [0.3, 0.4) is 0 Å². The number of methoxy groups -OCH3 is 1. The monoisotopic (exact) mass is 398 g/mol. The molecule has 0 aliphatic carbocycles. The molecule has 1 aliphatic rings. The summed E-state index contributed by atoms with van der Waals surface area (Å²) in [6, 6.07) is 9.72. The highest BCUT2D eigenvalue weighted by atomic mass is 35.5. The summed E-state index contributed by atoms with van der Waals surface area (Å²) in [6.07, 6.45) is -5.33. The van der Waals surface area contributed by atoms with Crippen molar-refractivity contribution in [3.8, 4) is 5.75 Å². The SMILES string of the molecule is COc1ccc(C2=NOC(C(=O)Nc3cc(C(F)(F)F)ccc3Cl)C2)cc1. The van der Waals surface area contributed by atoms with Gasteiger partial charge in [0.15, 0.2) is 0 Å². The Morgan fingerprint density at radius 2 is 1.96 bits per heavy atom. The topological polar surface area (TPSA) is 59.9 Å². The summed E-state index contributed by atoms with van der Waals surface area (Å²) in [5.74, 6) is 0.0373. The number of anilines is 1. The molecule has 2 aromatic carbocycles. The van der Waals surface area contributed by atoms with Crippen molar-refractivity contribution >= 4 is 28.9 Å². The number of amides is 1. The number of benzene rings is 2. The number of alkyl halides is 3. The minimum absolute atomic E-state index is 0.00866. The molecule has 27 heavy (non-hydrogen) atoms. The molecule has 1 N–H and O–H groups in total. The fourth-order valence-corrected chi connectivity index (χ4v) is 2.65. The smallest absolute Gasteiger partial charge is 0.416 e. The highest BCUT2D eigenvalue weighted by Gasteiger charge is 2.32. The van der Waals surface area contributed by atoms with Crippen LogP contribution < -0.4 is 10.1 Å². The van der Waals surface area contributed by atoms with Gasteiger partial charge in [0.25, 0.3) is 5.91 Å². The van der Waals surface area contributed by atoms with Gasteiger partial charge in [0.2, 0.25) is 6.10 Å². The Kier molecular flexibility index (Phi) is 5.27. The lowest BCUT2D eigenvalue weighted by Gasteiger charge is -2.13. The van der Waals surface area contributed by atoms with E-state index in [0.29, 0.717) is 11.5 Å². The van der Waals surface area contributed by atoms with Crippen molar-refractivity contribution in [3.05, 3.63) is 58.6 Å². The zero-order valence-electron chi connectivity index (χ0n) is 14.0. The number of oxime groups is 1. The van der Waals surface area contributed by atoms with E-state index in [0.717, 1.165) is 23.8 Å². The molecule has 0 spiro atoms. The summed E-state index contributed by atoms with van der Waals surface area (Å²) in [5.41, 5.74) is 0.249. The van der Waals surface area contributed by atoms with Gasteiger partial charge in [-0.25, -0.2) is 0 Å². The minimum Gasteiger partial charge on any atom is -0.497 e. The van der Waals surface area contributed by atoms with Crippen LogP contribution >= 0.6 is 11.6 Å². The fourth-order valence-electron chi connectivity index (χ4n) is 2.48. The number of rotatable bonds is 4. The van der Waals surface area contributed by atoms with Crippen LogP contribution in [0.2, 0.25) is 5.02 Å². The maximum atomic E-state index is 12.8. The van der Waals surface area contributed by atoms with Crippen molar-refractivity contribution in [2.24, 2.45) is 5.16 Å². The zero-order valence-corrected chi connectivity index (χ0v) is 14.8. The van der Waals surface area contributed by atoms with Crippen LogP contribution in [0, 0.1) is 0 Å². The number of carbonyl (C=O) groups excluding carboxylic acids is 1. The highest BCUT2D eigenvalue weighted by molar-refractivity contribution is 6.33. The maximum absolute atomic E-state index is 12.8. The van der Waals surface area contributed by atoms with Crippen LogP contribution in [-0.4, -0.2) is 24.8 Å². The molecule has 0 bridgehead atoms. The van der Waals surface area contributed by atoms with E-state index in [4.69, 9.17) is 21.2 Å². The number of carbonyl (C=O) groups is 1. The average molecular weight is 399 g/mol. The molecular weight excluding hydrogens is 385 g/mol. The summed E-state index contributed by atoms with van der Waals surface area (Å²) >= 11 is 5.89. The van der Waals surface area contributed by atoms with Crippen molar-refractivity contribution in [1.82, 2.24) is 0 Å². The van der Waals surface area contributed by atoms with Crippen LogP contribution in [-0.2, 0) is 15.8 Å². The van der Waals surface area contributed by atoms with Gasteiger partial charge < -0.3 is 14.9 Å². The molecule has 1 unspecified atom stereocenters. The molecule has 2 aromatic rings. The molecule has 0 saturated carbocycles. The molecule has 1 amide bonds. The second kappa shape index (κ2) is 7.48. The normalized spacial score (nSPS) is 16.5. The Bertz CT molecular complexity index is 882. The highest BCUT2D eigenvalue weighted by Crippen LogP contribution is 2.34. The quantitative estimate of drug-likeness (QED) is 0.825. The molecule has 142 valence electrons. The molecule has 0 radical (unpaired) electrons. The molecule has 1 atom stereocenters. The Morgan fingerprint density at radius 3 is 2.59 bits per heavy atom. The first-order chi connectivity index (χ1) is 12.8. The number of nitrogens with one attached hydrogen (secondary N) is 1. The van der Waals surface area contributed by atoms with E-state index in [9.17, 15) is 18.0 Å². The third kappa shape index (κ3) is 4.33. The van der Waals surface area contributed by atoms with E-state index in [1.807, 2.05) is 0 Å². The maximum Gasteiger partial charge on any atom is 0.416 e. The van der Waals surface area contributed by atoms with E-state index in [-0.39, 0.29) is 17.1 Å². The Morgan fingerprint density at radius 1 is 1.26 bits per heavy atom. The molecule has 0 aromatic heterocycles. The Balaban J connectivity index is 1.68. The van der Waals surface area contributed by atoms with Gasteiger partial charge in [-0.3, -0.25) is 4.79 Å². The van der Waals surface area contributed by atoms with E-state index in [1.54, 1.807) is 31.4 Å². The number of hydrogen-bond acceptors (Lipinski definition) is 4. The van der Waals surface area contributed by atoms with Crippen LogP contribution in [0.4, 0.5) is 18.9 Å². The molecule has 1 heterocycles. The van der Waals surface area contributed by atoms with Crippen molar-refractivity contribution in [2.75, 3.05) is 12.4 Å². The van der Waals surface area contributed by atoms with E-state index in [2.05, 4.69) is 10.5 Å². The molecule has 1 aliphatic heterocycles. The first kappa shape index (κ1) is 19.0. The lowest BCUT2D eigenvalue weighted by Crippen LogP contribution is -2.28. The zero-order chi connectivity index (χ0) is 19.6.